The van der Waals surface area contributed by atoms with E-state index < -0.39 is 0 Å². The van der Waals surface area contributed by atoms with Crippen molar-refractivity contribution in [2.45, 2.75) is 6.92 Å². The predicted octanol–water partition coefficient (Wildman–Crippen LogP) is -0.0853. The van der Waals surface area contributed by atoms with Gasteiger partial charge in [-0.15, -0.1) is 0 Å². The van der Waals surface area contributed by atoms with Crippen LogP contribution in [-0.4, -0.2) is 12.5 Å². The van der Waals surface area contributed by atoms with E-state index in [4.69, 9.17) is 0 Å². The third-order valence-corrected chi connectivity index (χ3v) is 0.333. The molecule has 6 heavy (non-hydrogen) atoms. The van der Waals surface area contributed by atoms with Crippen molar-refractivity contribution in [3.8, 4) is 0 Å². The fourth-order valence-electron chi connectivity index (χ4n) is 0.167. The normalized spacial score (nSPS) is 7.67. The van der Waals surface area contributed by atoms with E-state index in [9.17, 15) is 0 Å². The topological polar surface area (TPSA) is 43.5 Å². The van der Waals surface area contributed by atoms with Crippen molar-refractivity contribution in [3.05, 3.63) is 12.3 Å². The molecule has 0 aromatic heterocycles. The Balaban J connectivity index is 0. The Morgan fingerprint density at radius 1 is 1.50 bits per heavy atom. The molecule has 0 rings (SSSR count). The lowest BCUT2D eigenvalue weighted by molar-refractivity contribution is 0.824. The molecule has 0 bridgehead atoms. The van der Waals surface area contributed by atoms with Gasteiger partial charge in [0.05, 0.1) is 0 Å². The van der Waals surface area contributed by atoms with Gasteiger partial charge in [0.15, 0.2) is 0 Å². The van der Waals surface area contributed by atoms with Crippen molar-refractivity contribution in [1.82, 2.24) is 5.32 Å². The van der Waals surface area contributed by atoms with Crippen molar-refractivity contribution < 1.29 is 5.48 Å². The summed E-state index contributed by atoms with van der Waals surface area (Å²) in [6, 6.07) is 0. The second kappa shape index (κ2) is 8.82. The zero-order valence-corrected chi connectivity index (χ0v) is 4.15. The highest BCUT2D eigenvalue weighted by atomic mass is 16.0. The Bertz CT molecular complexity index is 34.5. The smallest absolute Gasteiger partial charge is 0.00276 e. The van der Waals surface area contributed by atoms with Crippen LogP contribution in [0.5, 0.6) is 0 Å². The second-order valence-corrected chi connectivity index (χ2v) is 0.789. The summed E-state index contributed by atoms with van der Waals surface area (Å²) in [5, 5.41) is 2.84. The molecule has 0 aliphatic heterocycles. The quantitative estimate of drug-likeness (QED) is 0.479. The molecule has 0 saturated carbocycles. The van der Waals surface area contributed by atoms with E-state index in [1.54, 1.807) is 0 Å². The largest absolute Gasteiger partial charge is 0.412 e. The first-order valence-electron chi connectivity index (χ1n) is 1.70. The van der Waals surface area contributed by atoms with Crippen LogP contribution in [0.15, 0.2) is 12.3 Å². The van der Waals surface area contributed by atoms with E-state index >= 15 is 0 Å². The molecule has 0 unspecified atom stereocenters. The summed E-state index contributed by atoms with van der Waals surface area (Å²) in [6.45, 7) is 1.97. The minimum absolute atomic E-state index is 0. The molecule has 0 aliphatic rings. The molecule has 0 aromatic carbocycles. The van der Waals surface area contributed by atoms with Gasteiger partial charge < -0.3 is 10.8 Å². The van der Waals surface area contributed by atoms with Crippen LogP contribution < -0.4 is 5.32 Å². The summed E-state index contributed by atoms with van der Waals surface area (Å²) >= 11 is 0. The van der Waals surface area contributed by atoms with Crippen LogP contribution in [-0.2, 0) is 0 Å². The zero-order chi connectivity index (χ0) is 4.12. The molecule has 0 spiro atoms. The SMILES string of the molecule is CC=CNC.O. The summed E-state index contributed by atoms with van der Waals surface area (Å²) < 4.78 is 0. The van der Waals surface area contributed by atoms with Crippen LogP contribution >= 0.6 is 0 Å². The monoisotopic (exact) mass is 89.1 g/mol. The Hall–Kier alpha value is -0.500. The average Bonchev–Trinajstić information content (AvgIpc) is 1.41. The van der Waals surface area contributed by atoms with E-state index in [2.05, 4.69) is 5.32 Å². The summed E-state index contributed by atoms with van der Waals surface area (Å²) in [4.78, 5) is 0. The first-order chi connectivity index (χ1) is 2.41. The van der Waals surface area contributed by atoms with Crippen LogP contribution in [0.2, 0.25) is 0 Å². The van der Waals surface area contributed by atoms with Gasteiger partial charge in [-0.05, 0) is 13.1 Å². The third-order valence-electron chi connectivity index (χ3n) is 0.333. The molecule has 0 amide bonds. The van der Waals surface area contributed by atoms with E-state index in [1.165, 1.54) is 0 Å². The highest BCUT2D eigenvalue weighted by molar-refractivity contribution is 4.70. The molecular formula is C4H11NO. The molecule has 0 aromatic rings. The third kappa shape index (κ3) is 9.72. The van der Waals surface area contributed by atoms with E-state index in [-0.39, 0.29) is 5.48 Å². The molecule has 0 radical (unpaired) electrons. The fraction of sp³-hybridized carbons (Fsp3) is 0.500. The average molecular weight is 89.1 g/mol. The Labute approximate surface area is 38.2 Å². The number of hydrogen-bond donors (Lipinski definition) is 1. The summed E-state index contributed by atoms with van der Waals surface area (Å²) in [7, 11) is 1.88. The molecule has 38 valence electrons. The van der Waals surface area contributed by atoms with Crippen molar-refractivity contribution in [2.24, 2.45) is 0 Å². The van der Waals surface area contributed by atoms with Gasteiger partial charge >= 0.3 is 0 Å². The zero-order valence-electron chi connectivity index (χ0n) is 4.15. The van der Waals surface area contributed by atoms with Crippen LogP contribution in [0.25, 0.3) is 0 Å². The lowest BCUT2D eigenvalue weighted by atomic mass is 10.7. The lowest BCUT2D eigenvalue weighted by Crippen LogP contribution is -1.89. The second-order valence-electron chi connectivity index (χ2n) is 0.789. The fourth-order valence-corrected chi connectivity index (χ4v) is 0.167. The van der Waals surface area contributed by atoms with E-state index in [0.717, 1.165) is 0 Å². The summed E-state index contributed by atoms with van der Waals surface area (Å²) in [5.41, 5.74) is 0. The standard InChI is InChI=1S/C4H9N.H2O/c1-3-4-5-2;/h3-5H,1-2H3;1H2. The number of hydrogen-bond acceptors (Lipinski definition) is 1. The predicted molar refractivity (Wildman–Crippen MR) is 27.5 cm³/mol. The minimum Gasteiger partial charge on any atom is -0.412 e. The van der Waals surface area contributed by atoms with E-state index in [1.807, 2.05) is 26.2 Å². The molecule has 0 atom stereocenters. The number of nitrogens with one attached hydrogen (secondary N) is 1. The Morgan fingerprint density at radius 2 is 2.00 bits per heavy atom. The summed E-state index contributed by atoms with van der Waals surface area (Å²) in [6.07, 6.45) is 3.82. The maximum Gasteiger partial charge on any atom is 0.00276 e. The van der Waals surface area contributed by atoms with Gasteiger partial charge in [-0.2, -0.15) is 0 Å². The Morgan fingerprint density at radius 3 is 2.00 bits per heavy atom. The first kappa shape index (κ1) is 9.09. The summed E-state index contributed by atoms with van der Waals surface area (Å²) in [5.74, 6) is 0. The maximum absolute atomic E-state index is 2.84. The molecule has 2 nitrogen and oxygen atoms in total. The van der Waals surface area contributed by atoms with Crippen LogP contribution in [0.4, 0.5) is 0 Å². The van der Waals surface area contributed by atoms with Gasteiger partial charge in [-0.25, -0.2) is 0 Å². The van der Waals surface area contributed by atoms with Crippen molar-refractivity contribution in [3.63, 3.8) is 0 Å². The van der Waals surface area contributed by atoms with Gasteiger partial charge in [0.1, 0.15) is 0 Å². The highest BCUT2D eigenvalue weighted by Gasteiger charge is 1.45. The van der Waals surface area contributed by atoms with Crippen molar-refractivity contribution in [1.29, 1.82) is 0 Å². The molecule has 0 fully saturated rings. The molecule has 0 heterocycles. The van der Waals surface area contributed by atoms with Crippen LogP contribution in [0.3, 0.4) is 0 Å². The molecule has 0 saturated heterocycles. The molecular weight excluding hydrogens is 78.0 g/mol. The van der Waals surface area contributed by atoms with Gasteiger partial charge in [-0.1, -0.05) is 6.08 Å². The minimum atomic E-state index is 0. The van der Waals surface area contributed by atoms with Crippen LogP contribution in [0.1, 0.15) is 6.92 Å². The number of rotatable bonds is 1. The van der Waals surface area contributed by atoms with Gasteiger partial charge in [0.25, 0.3) is 0 Å². The molecule has 2 heteroatoms. The maximum atomic E-state index is 2.84. The van der Waals surface area contributed by atoms with Gasteiger partial charge in [0, 0.05) is 7.05 Å². The molecule has 3 N–H and O–H groups in total. The highest BCUT2D eigenvalue weighted by Crippen LogP contribution is 1.53. The first-order valence-corrected chi connectivity index (χ1v) is 1.70. The Kier molecular flexibility index (Phi) is 13.4. The number of allylic oxidation sites excluding steroid dienone is 1. The van der Waals surface area contributed by atoms with Crippen molar-refractivity contribution in [2.75, 3.05) is 7.05 Å². The van der Waals surface area contributed by atoms with Gasteiger partial charge in [0.2, 0.25) is 0 Å². The molecule has 0 aliphatic carbocycles. The van der Waals surface area contributed by atoms with Crippen LogP contribution in [0, 0.1) is 0 Å². The van der Waals surface area contributed by atoms with E-state index in [0.29, 0.717) is 0 Å². The van der Waals surface area contributed by atoms with Gasteiger partial charge in [-0.3, -0.25) is 0 Å². The lowest BCUT2D eigenvalue weighted by Gasteiger charge is -1.75. The van der Waals surface area contributed by atoms with Crippen molar-refractivity contribution >= 4 is 0 Å².